The van der Waals surface area contributed by atoms with Gasteiger partial charge in [0, 0.05) is 35.9 Å². The Morgan fingerprint density at radius 2 is 1.63 bits per heavy atom. The van der Waals surface area contributed by atoms with Gasteiger partial charge in [-0.25, -0.2) is 4.79 Å². The second-order valence-electron chi connectivity index (χ2n) is 8.04. The maximum Gasteiger partial charge on any atom is 0.321 e. The predicted molar refractivity (Wildman–Crippen MR) is 119 cm³/mol. The van der Waals surface area contributed by atoms with E-state index in [0.717, 1.165) is 24.1 Å². The fourth-order valence-electron chi connectivity index (χ4n) is 3.73. The second kappa shape index (κ2) is 9.57. The zero-order valence-corrected chi connectivity index (χ0v) is 17.8. The van der Waals surface area contributed by atoms with Crippen LogP contribution in [0, 0.1) is 18.8 Å². The molecule has 2 aromatic carbocycles. The molecule has 0 unspecified atom stereocenters. The van der Waals surface area contributed by atoms with Gasteiger partial charge < -0.3 is 15.5 Å². The molecule has 30 heavy (non-hydrogen) atoms. The van der Waals surface area contributed by atoms with E-state index >= 15 is 0 Å². The quantitative estimate of drug-likeness (QED) is 0.704. The number of benzene rings is 2. The monoisotopic (exact) mass is 407 g/mol. The summed E-state index contributed by atoms with van der Waals surface area (Å²) >= 11 is 0. The number of rotatable bonds is 5. The van der Waals surface area contributed by atoms with Gasteiger partial charge >= 0.3 is 6.03 Å². The summed E-state index contributed by atoms with van der Waals surface area (Å²) < 4.78 is 0. The van der Waals surface area contributed by atoms with Crippen molar-refractivity contribution in [2.75, 3.05) is 23.7 Å². The highest BCUT2D eigenvalue weighted by Crippen LogP contribution is 2.27. The molecule has 1 saturated heterocycles. The van der Waals surface area contributed by atoms with Crippen molar-refractivity contribution in [3.8, 4) is 0 Å². The molecule has 1 atom stereocenters. The smallest absolute Gasteiger partial charge is 0.321 e. The molecule has 0 spiro atoms. The molecule has 1 fully saturated rings. The van der Waals surface area contributed by atoms with Gasteiger partial charge in [-0.3, -0.25) is 9.59 Å². The lowest BCUT2D eigenvalue weighted by molar-refractivity contribution is -0.121. The summed E-state index contributed by atoms with van der Waals surface area (Å²) in [6, 6.07) is 14.6. The molecular formula is C24H29N3O3. The van der Waals surface area contributed by atoms with Crippen molar-refractivity contribution in [3.63, 3.8) is 0 Å². The molecule has 6 nitrogen and oxygen atoms in total. The van der Waals surface area contributed by atoms with Gasteiger partial charge in [0.25, 0.3) is 0 Å². The van der Waals surface area contributed by atoms with Crippen molar-refractivity contribution in [1.82, 2.24) is 4.90 Å². The molecule has 1 aliphatic rings. The Morgan fingerprint density at radius 3 is 2.27 bits per heavy atom. The Bertz CT molecular complexity index is 916. The van der Waals surface area contributed by atoms with Crippen molar-refractivity contribution in [2.45, 2.75) is 33.6 Å². The second-order valence-corrected chi connectivity index (χ2v) is 8.04. The van der Waals surface area contributed by atoms with Crippen LogP contribution in [-0.4, -0.2) is 35.7 Å². The number of aryl methyl sites for hydroxylation is 1. The number of nitrogens with zero attached hydrogens (tertiary/aromatic N) is 1. The van der Waals surface area contributed by atoms with Gasteiger partial charge in [0.15, 0.2) is 5.78 Å². The first-order valence-corrected chi connectivity index (χ1v) is 10.4. The van der Waals surface area contributed by atoms with E-state index in [1.54, 1.807) is 29.2 Å². The first kappa shape index (κ1) is 21.6. The molecule has 0 saturated carbocycles. The lowest BCUT2D eigenvalue weighted by Crippen LogP contribution is -2.43. The standard InChI is InChI=1S/C24H29N3O3/c1-16-7-9-21(10-8-16)26-24(30)27-13-11-19(12-14-27)17(2)23(29)25-22-6-4-5-20(15-22)18(3)28/h4-10,15,17,19H,11-14H2,1-3H3,(H,25,29)(H,26,30)/t17-/m0/s1. The average molecular weight is 408 g/mol. The number of carbonyl (C=O) groups is 3. The Labute approximate surface area is 177 Å². The molecule has 0 aliphatic carbocycles. The maximum absolute atomic E-state index is 12.7. The van der Waals surface area contributed by atoms with E-state index in [1.807, 2.05) is 38.1 Å². The summed E-state index contributed by atoms with van der Waals surface area (Å²) in [6.45, 7) is 6.69. The highest BCUT2D eigenvalue weighted by Gasteiger charge is 2.30. The number of likely N-dealkylation sites (tertiary alicyclic amines) is 1. The van der Waals surface area contributed by atoms with Crippen molar-refractivity contribution in [2.24, 2.45) is 11.8 Å². The Balaban J connectivity index is 1.50. The number of urea groups is 1. The third-order valence-electron chi connectivity index (χ3n) is 5.79. The minimum absolute atomic E-state index is 0.0320. The average Bonchev–Trinajstić information content (AvgIpc) is 2.75. The van der Waals surface area contributed by atoms with Gasteiger partial charge in [0.1, 0.15) is 0 Å². The number of nitrogens with one attached hydrogen (secondary N) is 2. The highest BCUT2D eigenvalue weighted by atomic mass is 16.2. The first-order chi connectivity index (χ1) is 14.3. The summed E-state index contributed by atoms with van der Waals surface area (Å²) in [5, 5.41) is 5.85. The van der Waals surface area contributed by atoms with Crippen LogP contribution < -0.4 is 10.6 Å². The molecule has 3 rings (SSSR count). The number of hydrogen-bond acceptors (Lipinski definition) is 3. The largest absolute Gasteiger partial charge is 0.326 e. The summed E-state index contributed by atoms with van der Waals surface area (Å²) in [7, 11) is 0. The van der Waals surface area contributed by atoms with E-state index in [4.69, 9.17) is 0 Å². The Hall–Kier alpha value is -3.15. The van der Waals surface area contributed by atoms with Crippen LogP contribution in [0.5, 0.6) is 0 Å². The lowest BCUT2D eigenvalue weighted by atomic mass is 9.85. The number of carbonyl (C=O) groups excluding carboxylic acids is 3. The number of anilines is 2. The van der Waals surface area contributed by atoms with Gasteiger partial charge in [0.05, 0.1) is 0 Å². The minimum Gasteiger partial charge on any atom is -0.326 e. The fraction of sp³-hybridized carbons (Fsp3) is 0.375. The molecule has 158 valence electrons. The molecule has 3 amide bonds. The van der Waals surface area contributed by atoms with Crippen molar-refractivity contribution in [1.29, 1.82) is 0 Å². The van der Waals surface area contributed by atoms with E-state index in [9.17, 15) is 14.4 Å². The van der Waals surface area contributed by atoms with Crippen LogP contribution >= 0.6 is 0 Å². The fourth-order valence-corrected chi connectivity index (χ4v) is 3.73. The Morgan fingerprint density at radius 1 is 0.967 bits per heavy atom. The normalized spacial score (nSPS) is 15.4. The molecule has 6 heteroatoms. The van der Waals surface area contributed by atoms with Crippen molar-refractivity contribution >= 4 is 29.1 Å². The number of ketones is 1. The van der Waals surface area contributed by atoms with E-state index in [1.165, 1.54) is 6.92 Å². The van der Waals surface area contributed by atoms with Crippen LogP contribution in [-0.2, 0) is 4.79 Å². The molecule has 0 aromatic heterocycles. The van der Waals surface area contributed by atoms with E-state index in [-0.39, 0.29) is 29.6 Å². The SMILES string of the molecule is CC(=O)c1cccc(NC(=O)[C@@H](C)C2CCN(C(=O)Nc3ccc(C)cc3)CC2)c1. The minimum atomic E-state index is -0.173. The Kier molecular flexibility index (Phi) is 6.87. The van der Waals surface area contributed by atoms with Gasteiger partial charge in [-0.15, -0.1) is 0 Å². The number of amides is 3. The van der Waals surface area contributed by atoms with Gasteiger partial charge in [-0.05, 0) is 56.9 Å². The number of hydrogen-bond donors (Lipinski definition) is 2. The summed E-state index contributed by atoms with van der Waals surface area (Å²) in [5.41, 5.74) is 3.14. The molecule has 2 aromatic rings. The number of piperidine rings is 1. The van der Waals surface area contributed by atoms with Gasteiger partial charge in [0.2, 0.25) is 5.91 Å². The molecule has 2 N–H and O–H groups in total. The van der Waals surface area contributed by atoms with E-state index in [2.05, 4.69) is 10.6 Å². The van der Waals surface area contributed by atoms with Crippen LogP contribution in [0.4, 0.5) is 16.2 Å². The molecule has 1 aliphatic heterocycles. The summed E-state index contributed by atoms with van der Waals surface area (Å²) in [5.74, 6) is -0.0496. The third kappa shape index (κ3) is 5.47. The maximum atomic E-state index is 12.7. The molecule has 0 radical (unpaired) electrons. The molecular weight excluding hydrogens is 378 g/mol. The van der Waals surface area contributed by atoms with Crippen molar-refractivity contribution in [3.05, 3.63) is 59.7 Å². The molecule has 1 heterocycles. The third-order valence-corrected chi connectivity index (χ3v) is 5.79. The first-order valence-electron chi connectivity index (χ1n) is 10.4. The lowest BCUT2D eigenvalue weighted by Gasteiger charge is -2.34. The zero-order chi connectivity index (χ0) is 21.7. The van der Waals surface area contributed by atoms with Crippen LogP contribution in [0.25, 0.3) is 0 Å². The summed E-state index contributed by atoms with van der Waals surface area (Å²) in [6.07, 6.45) is 1.56. The van der Waals surface area contributed by atoms with E-state index < -0.39 is 0 Å². The molecule has 0 bridgehead atoms. The van der Waals surface area contributed by atoms with Gasteiger partial charge in [-0.2, -0.15) is 0 Å². The van der Waals surface area contributed by atoms with Crippen LogP contribution in [0.1, 0.15) is 42.6 Å². The predicted octanol–water partition coefficient (Wildman–Crippen LogP) is 4.72. The van der Waals surface area contributed by atoms with Crippen LogP contribution in [0.3, 0.4) is 0 Å². The van der Waals surface area contributed by atoms with Crippen molar-refractivity contribution < 1.29 is 14.4 Å². The van der Waals surface area contributed by atoms with Gasteiger partial charge in [-0.1, -0.05) is 36.8 Å². The number of Topliss-reactive ketones (excluding diaryl/α,β-unsaturated/α-hetero) is 1. The topological polar surface area (TPSA) is 78.5 Å². The zero-order valence-electron chi connectivity index (χ0n) is 17.8. The summed E-state index contributed by atoms with van der Waals surface area (Å²) in [4.78, 5) is 38.5. The highest BCUT2D eigenvalue weighted by molar-refractivity contribution is 5.97. The van der Waals surface area contributed by atoms with E-state index in [0.29, 0.717) is 24.3 Å². The van der Waals surface area contributed by atoms with Crippen LogP contribution in [0.2, 0.25) is 0 Å². The van der Waals surface area contributed by atoms with Crippen LogP contribution in [0.15, 0.2) is 48.5 Å².